The van der Waals surface area contributed by atoms with Crippen LogP contribution in [0.2, 0.25) is 0 Å². The summed E-state index contributed by atoms with van der Waals surface area (Å²) in [6, 6.07) is 15.0. The van der Waals surface area contributed by atoms with Crippen molar-refractivity contribution in [2.75, 3.05) is 31.3 Å². The average Bonchev–Trinajstić information content (AvgIpc) is 3.50. The first kappa shape index (κ1) is 21.4. The van der Waals surface area contributed by atoms with Gasteiger partial charge in [-0.15, -0.1) is 23.1 Å². The number of hydrogen-bond acceptors (Lipinski definition) is 6. The van der Waals surface area contributed by atoms with Gasteiger partial charge in [0.2, 0.25) is 5.91 Å². The average molecular weight is 454 g/mol. The lowest BCUT2D eigenvalue weighted by Gasteiger charge is -2.15. The number of carbonyl (C=O) groups excluding carboxylic acids is 2. The number of carbonyl (C=O) groups is 2. The second-order valence-electron chi connectivity index (χ2n) is 7.09. The first-order valence-corrected chi connectivity index (χ1v) is 11.9. The third-order valence-corrected chi connectivity index (χ3v) is 6.87. The van der Waals surface area contributed by atoms with E-state index in [0.29, 0.717) is 16.4 Å². The Balaban J connectivity index is 1.41. The van der Waals surface area contributed by atoms with E-state index in [9.17, 15) is 9.59 Å². The van der Waals surface area contributed by atoms with Gasteiger partial charge in [0.05, 0.1) is 24.1 Å². The molecule has 1 aliphatic heterocycles. The van der Waals surface area contributed by atoms with Crippen LogP contribution in [0.1, 0.15) is 23.2 Å². The lowest BCUT2D eigenvalue weighted by molar-refractivity contribution is -0.127. The van der Waals surface area contributed by atoms with Crippen molar-refractivity contribution in [2.24, 2.45) is 0 Å². The molecule has 1 aliphatic rings. The van der Waals surface area contributed by atoms with Gasteiger partial charge in [-0.05, 0) is 49.2 Å². The van der Waals surface area contributed by atoms with E-state index in [1.165, 1.54) is 23.1 Å². The van der Waals surface area contributed by atoms with Crippen LogP contribution in [-0.4, -0.2) is 47.7 Å². The molecule has 1 N–H and O–H groups in total. The highest BCUT2D eigenvalue weighted by Crippen LogP contribution is 2.28. The van der Waals surface area contributed by atoms with Crippen molar-refractivity contribution in [1.82, 2.24) is 9.88 Å². The predicted molar refractivity (Wildman–Crippen MR) is 125 cm³/mol. The van der Waals surface area contributed by atoms with Crippen LogP contribution in [0.15, 0.2) is 58.8 Å². The zero-order valence-electron chi connectivity index (χ0n) is 17.2. The van der Waals surface area contributed by atoms with Gasteiger partial charge in [0, 0.05) is 28.9 Å². The van der Waals surface area contributed by atoms with Crippen molar-refractivity contribution in [2.45, 2.75) is 17.7 Å². The van der Waals surface area contributed by atoms with Crippen molar-refractivity contribution >= 4 is 40.0 Å². The number of thioether (sulfide) groups is 1. The molecule has 2 heterocycles. The summed E-state index contributed by atoms with van der Waals surface area (Å²) in [6.07, 6.45) is 2.14. The summed E-state index contributed by atoms with van der Waals surface area (Å²) in [5.41, 5.74) is 2.29. The zero-order chi connectivity index (χ0) is 21.6. The van der Waals surface area contributed by atoms with Crippen LogP contribution in [0.5, 0.6) is 5.75 Å². The number of benzene rings is 2. The number of thiazole rings is 1. The second-order valence-corrected chi connectivity index (χ2v) is 8.97. The van der Waals surface area contributed by atoms with Gasteiger partial charge in [-0.25, -0.2) is 4.98 Å². The van der Waals surface area contributed by atoms with Gasteiger partial charge in [-0.1, -0.05) is 12.1 Å². The molecular weight excluding hydrogens is 430 g/mol. The molecule has 31 heavy (non-hydrogen) atoms. The Hall–Kier alpha value is -2.84. The Morgan fingerprint density at radius 2 is 1.87 bits per heavy atom. The number of rotatable bonds is 7. The van der Waals surface area contributed by atoms with E-state index < -0.39 is 0 Å². The second kappa shape index (κ2) is 9.98. The molecule has 160 valence electrons. The van der Waals surface area contributed by atoms with E-state index in [0.717, 1.165) is 47.8 Å². The van der Waals surface area contributed by atoms with Crippen molar-refractivity contribution in [3.05, 3.63) is 59.5 Å². The number of nitrogens with one attached hydrogen (secondary N) is 1. The number of hydrogen-bond donors (Lipinski definition) is 1. The van der Waals surface area contributed by atoms with Crippen molar-refractivity contribution in [3.8, 4) is 17.0 Å². The monoisotopic (exact) mass is 453 g/mol. The molecule has 1 aromatic heterocycles. The number of aromatic nitrogens is 1. The van der Waals surface area contributed by atoms with Crippen LogP contribution in [-0.2, 0) is 4.79 Å². The number of ether oxygens (including phenoxy) is 1. The number of nitrogens with zero attached hydrogens (tertiary/aromatic N) is 2. The Bertz CT molecular complexity index is 1060. The molecule has 0 radical (unpaired) electrons. The largest absolute Gasteiger partial charge is 0.497 e. The number of likely N-dealkylation sites (tertiary alicyclic amines) is 1. The molecule has 2 aromatic carbocycles. The van der Waals surface area contributed by atoms with Gasteiger partial charge in [-0.3, -0.25) is 14.9 Å². The highest BCUT2D eigenvalue weighted by molar-refractivity contribution is 8.00. The van der Waals surface area contributed by atoms with E-state index in [2.05, 4.69) is 10.3 Å². The van der Waals surface area contributed by atoms with Gasteiger partial charge in [0.1, 0.15) is 5.75 Å². The fourth-order valence-corrected chi connectivity index (χ4v) is 5.03. The highest BCUT2D eigenvalue weighted by Gasteiger charge is 2.19. The summed E-state index contributed by atoms with van der Waals surface area (Å²) in [5, 5.41) is 5.33. The van der Waals surface area contributed by atoms with Gasteiger partial charge >= 0.3 is 0 Å². The van der Waals surface area contributed by atoms with Gasteiger partial charge < -0.3 is 9.64 Å². The molecule has 0 bridgehead atoms. The van der Waals surface area contributed by atoms with Gasteiger partial charge in [0.15, 0.2) is 5.13 Å². The molecule has 8 heteroatoms. The summed E-state index contributed by atoms with van der Waals surface area (Å²) in [6.45, 7) is 1.67. The molecule has 0 aliphatic carbocycles. The first-order valence-electron chi connectivity index (χ1n) is 10.0. The van der Waals surface area contributed by atoms with Gasteiger partial charge in [-0.2, -0.15) is 0 Å². The first-order chi connectivity index (χ1) is 15.1. The predicted octanol–water partition coefficient (Wildman–Crippen LogP) is 4.79. The highest BCUT2D eigenvalue weighted by atomic mass is 32.2. The fraction of sp³-hybridized carbons (Fsp3) is 0.261. The van der Waals surface area contributed by atoms with Crippen LogP contribution in [0.3, 0.4) is 0 Å². The van der Waals surface area contributed by atoms with Crippen molar-refractivity contribution in [1.29, 1.82) is 0 Å². The fourth-order valence-electron chi connectivity index (χ4n) is 3.37. The quantitative estimate of drug-likeness (QED) is 0.521. The molecule has 1 fully saturated rings. The normalized spacial score (nSPS) is 13.3. The number of methoxy groups -OCH3 is 1. The Morgan fingerprint density at radius 1 is 1.13 bits per heavy atom. The summed E-state index contributed by atoms with van der Waals surface area (Å²) >= 11 is 2.78. The lowest BCUT2D eigenvalue weighted by atomic mass is 10.2. The van der Waals surface area contributed by atoms with E-state index >= 15 is 0 Å². The summed E-state index contributed by atoms with van der Waals surface area (Å²) in [7, 11) is 1.63. The molecule has 2 amide bonds. The topological polar surface area (TPSA) is 71.5 Å². The molecule has 3 aromatic rings. The minimum absolute atomic E-state index is 0.127. The standard InChI is InChI=1S/C23H23N3O3S2/c1-29-17-10-8-16(9-11-17)19-14-31-23(24-19)25-22(28)18-6-2-3-7-20(18)30-15-21(27)26-12-4-5-13-26/h2-3,6-11,14H,4-5,12-13,15H2,1H3,(H,24,25,28). The minimum atomic E-state index is -0.229. The molecule has 0 spiro atoms. The SMILES string of the molecule is COc1ccc(-c2csc(NC(=O)c3ccccc3SCC(=O)N3CCCC3)n2)cc1. The van der Waals surface area contributed by atoms with Crippen LogP contribution >= 0.6 is 23.1 Å². The molecule has 4 rings (SSSR count). The maximum Gasteiger partial charge on any atom is 0.258 e. The molecule has 0 saturated carbocycles. The maximum absolute atomic E-state index is 12.9. The smallest absolute Gasteiger partial charge is 0.258 e. The minimum Gasteiger partial charge on any atom is -0.497 e. The van der Waals surface area contributed by atoms with E-state index in [1.807, 2.05) is 52.7 Å². The third-order valence-electron chi connectivity index (χ3n) is 5.05. The van der Waals surface area contributed by atoms with Crippen LogP contribution in [0, 0.1) is 0 Å². The molecule has 0 unspecified atom stereocenters. The Morgan fingerprint density at radius 3 is 2.61 bits per heavy atom. The summed E-state index contributed by atoms with van der Waals surface area (Å²) < 4.78 is 5.19. The van der Waals surface area contributed by atoms with E-state index in [4.69, 9.17) is 4.74 Å². The van der Waals surface area contributed by atoms with Crippen LogP contribution in [0.4, 0.5) is 5.13 Å². The van der Waals surface area contributed by atoms with Crippen LogP contribution < -0.4 is 10.1 Å². The summed E-state index contributed by atoms with van der Waals surface area (Å²) in [4.78, 5) is 32.5. The third kappa shape index (κ3) is 5.26. The molecular formula is C23H23N3O3S2. The summed E-state index contributed by atoms with van der Waals surface area (Å²) in [5.74, 6) is 1.02. The van der Waals surface area contributed by atoms with E-state index in [-0.39, 0.29) is 11.8 Å². The van der Waals surface area contributed by atoms with Crippen LogP contribution in [0.25, 0.3) is 11.3 Å². The zero-order valence-corrected chi connectivity index (χ0v) is 18.8. The lowest BCUT2D eigenvalue weighted by Crippen LogP contribution is -2.29. The van der Waals surface area contributed by atoms with Crippen molar-refractivity contribution < 1.29 is 14.3 Å². The van der Waals surface area contributed by atoms with E-state index in [1.54, 1.807) is 13.2 Å². The molecule has 0 atom stereocenters. The van der Waals surface area contributed by atoms with Gasteiger partial charge in [0.25, 0.3) is 5.91 Å². The molecule has 1 saturated heterocycles. The molecule has 6 nitrogen and oxygen atoms in total. The number of amides is 2. The van der Waals surface area contributed by atoms with Crippen molar-refractivity contribution in [3.63, 3.8) is 0 Å². The Labute approximate surface area is 189 Å². The number of anilines is 1. The Kier molecular flexibility index (Phi) is 6.89. The maximum atomic E-state index is 12.9.